The molecular formula is C29H53OPSi. The molecule has 32 heavy (non-hydrogen) atoms. The molecule has 0 saturated heterocycles. The van der Waals surface area contributed by atoms with Crippen LogP contribution in [0.3, 0.4) is 0 Å². The highest BCUT2D eigenvalue weighted by molar-refractivity contribution is 7.49. The largest absolute Gasteiger partial charge is 0.384 e. The molecule has 0 aliphatic carbocycles. The number of benzene rings is 1. The van der Waals surface area contributed by atoms with Gasteiger partial charge in [0.1, 0.15) is 0 Å². The van der Waals surface area contributed by atoms with E-state index in [1.54, 1.807) is 0 Å². The van der Waals surface area contributed by atoms with Crippen molar-refractivity contribution in [2.24, 2.45) is 5.41 Å². The van der Waals surface area contributed by atoms with E-state index in [1.165, 1.54) is 35.7 Å². The van der Waals surface area contributed by atoms with Crippen molar-refractivity contribution in [3.05, 3.63) is 28.8 Å². The van der Waals surface area contributed by atoms with Crippen LogP contribution in [-0.4, -0.2) is 13.8 Å². The Morgan fingerprint density at radius 2 is 1.03 bits per heavy atom. The molecule has 0 spiro atoms. The first kappa shape index (κ1) is 29.6. The summed E-state index contributed by atoms with van der Waals surface area (Å²) in [7, 11) is -0.719. The third kappa shape index (κ3) is 7.28. The zero-order valence-corrected chi connectivity index (χ0v) is 26.4. The molecule has 1 aromatic rings. The molecule has 0 heterocycles. The molecule has 0 atom stereocenters. The second-order valence-corrected chi connectivity index (χ2v) is 21.0. The highest BCUT2D eigenvalue weighted by Gasteiger charge is 2.40. The maximum absolute atomic E-state index is 7.05. The van der Waals surface area contributed by atoms with Gasteiger partial charge in [-0.15, -0.1) is 0 Å². The third-order valence-corrected chi connectivity index (χ3v) is 12.8. The van der Waals surface area contributed by atoms with Crippen LogP contribution in [0.15, 0.2) is 12.1 Å². The summed E-state index contributed by atoms with van der Waals surface area (Å²) in [5, 5.41) is 1.62. The highest BCUT2D eigenvalue weighted by Crippen LogP contribution is 2.41. The summed E-state index contributed by atoms with van der Waals surface area (Å²) in [6, 6.07) is 4.95. The Morgan fingerprint density at radius 1 is 0.656 bits per heavy atom. The van der Waals surface area contributed by atoms with Crippen LogP contribution in [0.1, 0.15) is 121 Å². The quantitative estimate of drug-likeness (QED) is 0.312. The van der Waals surface area contributed by atoms with Gasteiger partial charge in [-0.3, -0.25) is 0 Å². The van der Waals surface area contributed by atoms with E-state index in [0.29, 0.717) is 0 Å². The summed E-state index contributed by atoms with van der Waals surface area (Å²) in [5.41, 5.74) is 5.76. The van der Waals surface area contributed by atoms with Crippen LogP contribution >= 0.6 is 8.20 Å². The lowest BCUT2D eigenvalue weighted by molar-refractivity contribution is 0.419. The van der Waals surface area contributed by atoms with E-state index in [4.69, 9.17) is 4.43 Å². The summed E-state index contributed by atoms with van der Waals surface area (Å²) >= 11 is 0. The Hall–Kier alpha value is -0.433. The van der Waals surface area contributed by atoms with Crippen LogP contribution in [0.2, 0.25) is 18.1 Å². The number of rotatable bonds is 3. The molecule has 1 aromatic carbocycles. The van der Waals surface area contributed by atoms with Gasteiger partial charge in [-0.25, -0.2) is 0 Å². The second-order valence-electron chi connectivity index (χ2n) is 15.2. The Labute approximate surface area is 204 Å². The number of hydrogen-bond donors (Lipinski definition) is 0. The van der Waals surface area contributed by atoms with E-state index < -0.39 is 8.32 Å². The standard InChI is InChI=1S/C29H53OPSi/c1-25(2,3)20-18-21(26(4,5)6)23(22(19-20)27(7,8)9)31-24(28(10,11)12)30-32(16,17)29(13,14)15/h18-19H,1-17H3. The molecular weight excluding hydrogens is 423 g/mol. The molecule has 0 amide bonds. The minimum absolute atomic E-state index is 0.0237. The summed E-state index contributed by atoms with van der Waals surface area (Å²) in [6.07, 6.45) is 0. The van der Waals surface area contributed by atoms with Gasteiger partial charge in [0, 0.05) is 10.7 Å². The molecule has 184 valence electrons. The zero-order chi connectivity index (χ0) is 25.7. The maximum Gasteiger partial charge on any atom is 0.199 e. The normalized spacial score (nSPS) is 15.3. The third-order valence-electron chi connectivity index (χ3n) is 6.60. The van der Waals surface area contributed by atoms with Crippen molar-refractivity contribution < 1.29 is 4.43 Å². The Morgan fingerprint density at radius 3 is 1.28 bits per heavy atom. The van der Waals surface area contributed by atoms with E-state index in [9.17, 15) is 0 Å². The van der Waals surface area contributed by atoms with Crippen LogP contribution in [0.25, 0.3) is 0 Å². The van der Waals surface area contributed by atoms with Crippen LogP contribution < -0.4 is 5.30 Å². The van der Waals surface area contributed by atoms with E-state index in [1.807, 2.05) is 0 Å². The SMILES string of the molecule is CC(C)(C)C(O[Si](C)(C)C(C)(C)C)=Pc1c(C(C)(C)C)cc(C(C)(C)C)cc1C(C)(C)C. The molecule has 0 aliphatic rings. The Bertz CT molecular complexity index is 807. The fraction of sp³-hybridized carbons (Fsp3) is 0.759. The van der Waals surface area contributed by atoms with Crippen molar-refractivity contribution in [1.82, 2.24) is 0 Å². The van der Waals surface area contributed by atoms with E-state index in [0.717, 1.165) is 0 Å². The summed E-state index contributed by atoms with van der Waals surface area (Å²) in [6.45, 7) is 39.7. The molecule has 0 N–H and O–H groups in total. The lowest BCUT2D eigenvalue weighted by Gasteiger charge is -2.40. The van der Waals surface area contributed by atoms with Gasteiger partial charge < -0.3 is 4.43 Å². The Balaban J connectivity index is 4.07. The fourth-order valence-electron chi connectivity index (χ4n) is 3.17. The van der Waals surface area contributed by atoms with Gasteiger partial charge in [-0.1, -0.05) is 116 Å². The summed E-state index contributed by atoms with van der Waals surface area (Å²) < 4.78 is 7.05. The Kier molecular flexibility index (Phi) is 8.30. The first-order valence-corrected chi connectivity index (χ1v) is 16.1. The van der Waals surface area contributed by atoms with Crippen molar-refractivity contribution in [2.75, 3.05) is 0 Å². The number of hydrogen-bond acceptors (Lipinski definition) is 1. The minimum Gasteiger partial charge on any atom is -0.384 e. The first-order chi connectivity index (χ1) is 13.8. The molecule has 0 fully saturated rings. The molecule has 1 rings (SSSR count). The van der Waals surface area contributed by atoms with Gasteiger partial charge in [0.25, 0.3) is 0 Å². The lowest BCUT2D eigenvalue weighted by Crippen LogP contribution is -2.45. The predicted octanol–water partition coefficient (Wildman–Crippen LogP) is 9.35. The van der Waals surface area contributed by atoms with Crippen molar-refractivity contribution in [3.8, 4) is 0 Å². The van der Waals surface area contributed by atoms with Crippen LogP contribution in [0.4, 0.5) is 0 Å². The molecule has 0 bridgehead atoms. The molecule has 0 aromatic heterocycles. The van der Waals surface area contributed by atoms with Crippen LogP contribution in [0.5, 0.6) is 0 Å². The summed E-state index contributed by atoms with van der Waals surface area (Å²) in [5.74, 6) is 0. The molecule has 0 unspecified atom stereocenters. The smallest absolute Gasteiger partial charge is 0.199 e. The minimum atomic E-state index is -1.94. The van der Waals surface area contributed by atoms with Crippen LogP contribution in [-0.2, 0) is 20.7 Å². The molecule has 0 aliphatic heterocycles. The van der Waals surface area contributed by atoms with Crippen molar-refractivity contribution in [3.63, 3.8) is 0 Å². The van der Waals surface area contributed by atoms with Crippen molar-refractivity contribution >= 4 is 27.3 Å². The molecule has 3 heteroatoms. The molecule has 1 nitrogen and oxygen atoms in total. The molecule has 0 radical (unpaired) electrons. The predicted molar refractivity (Wildman–Crippen MR) is 152 cm³/mol. The van der Waals surface area contributed by atoms with Gasteiger partial charge in [0.2, 0.25) is 0 Å². The van der Waals surface area contributed by atoms with E-state index in [2.05, 4.69) is 129 Å². The summed E-state index contributed by atoms with van der Waals surface area (Å²) in [4.78, 5) is 0. The second kappa shape index (κ2) is 8.97. The van der Waals surface area contributed by atoms with Gasteiger partial charge in [-0.05, 0) is 59.3 Å². The average molecular weight is 477 g/mol. The average Bonchev–Trinajstić information content (AvgIpc) is 2.48. The lowest BCUT2D eigenvalue weighted by atomic mass is 9.75. The van der Waals surface area contributed by atoms with E-state index in [-0.39, 0.29) is 26.7 Å². The fourth-order valence-corrected chi connectivity index (χ4v) is 6.71. The zero-order valence-electron chi connectivity index (χ0n) is 24.5. The van der Waals surface area contributed by atoms with Gasteiger partial charge >= 0.3 is 0 Å². The first-order valence-electron chi connectivity index (χ1n) is 12.3. The highest BCUT2D eigenvalue weighted by atomic mass is 31.1. The topological polar surface area (TPSA) is 9.23 Å². The van der Waals surface area contributed by atoms with Gasteiger partial charge in [-0.2, -0.15) is 0 Å². The van der Waals surface area contributed by atoms with Gasteiger partial charge in [0.15, 0.2) is 8.32 Å². The monoisotopic (exact) mass is 476 g/mol. The maximum atomic E-state index is 7.05. The molecule has 0 saturated carbocycles. The van der Waals surface area contributed by atoms with Crippen LogP contribution in [0, 0.1) is 5.41 Å². The van der Waals surface area contributed by atoms with Crippen molar-refractivity contribution in [1.29, 1.82) is 0 Å². The van der Waals surface area contributed by atoms with Gasteiger partial charge in [0.05, 0.1) is 5.48 Å². The van der Waals surface area contributed by atoms with Crippen molar-refractivity contribution in [2.45, 2.75) is 138 Å². The van der Waals surface area contributed by atoms with E-state index >= 15 is 0 Å².